The third-order valence-corrected chi connectivity index (χ3v) is 4.65. The Morgan fingerprint density at radius 3 is 2.63 bits per heavy atom. The maximum atomic E-state index is 12.2. The van der Waals surface area contributed by atoms with Gasteiger partial charge in [-0.25, -0.2) is 0 Å². The topological polar surface area (TPSA) is 56.8 Å². The Morgan fingerprint density at radius 1 is 1.15 bits per heavy atom. The van der Waals surface area contributed by atoms with Crippen molar-refractivity contribution in [1.29, 1.82) is 0 Å². The molecule has 0 aromatic heterocycles. The monoisotopic (exact) mass is 369 g/mol. The van der Waals surface area contributed by atoms with Gasteiger partial charge in [0.2, 0.25) is 5.91 Å². The zero-order valence-corrected chi connectivity index (χ0v) is 16.0. The fourth-order valence-corrected chi connectivity index (χ4v) is 3.05. The number of carbonyl (C=O) groups excluding carboxylic acids is 1. The van der Waals surface area contributed by atoms with E-state index in [-0.39, 0.29) is 12.0 Å². The maximum absolute atomic E-state index is 12.2. The van der Waals surface area contributed by atoms with Crippen LogP contribution in [0.3, 0.4) is 0 Å². The predicted octanol–water partition coefficient (Wildman–Crippen LogP) is 3.42. The molecule has 2 aromatic rings. The van der Waals surface area contributed by atoms with Crippen molar-refractivity contribution < 1.29 is 19.0 Å². The molecule has 0 spiro atoms. The number of amides is 1. The Balaban J connectivity index is 1.51. The van der Waals surface area contributed by atoms with E-state index < -0.39 is 0 Å². The number of aryl methyl sites for hydroxylation is 1. The summed E-state index contributed by atoms with van der Waals surface area (Å²) in [5.41, 5.74) is 3.16. The molecule has 1 heterocycles. The van der Waals surface area contributed by atoms with Crippen molar-refractivity contribution in [3.8, 4) is 11.5 Å². The van der Waals surface area contributed by atoms with E-state index >= 15 is 0 Å². The lowest BCUT2D eigenvalue weighted by Crippen LogP contribution is -2.24. The molecule has 3 rings (SSSR count). The maximum Gasteiger partial charge on any atom is 0.224 e. The Bertz CT molecular complexity index is 751. The van der Waals surface area contributed by atoms with Gasteiger partial charge >= 0.3 is 0 Å². The molecule has 144 valence electrons. The molecule has 1 unspecified atom stereocenters. The van der Waals surface area contributed by atoms with Gasteiger partial charge in [0.25, 0.3) is 0 Å². The standard InChI is InChI=1S/C22H27NO4/c1-16-5-7-17(8-6-16)13-22(24)23-14-18-9-10-20(21(12-18)25-2)27-15-19-4-3-11-26-19/h5-10,12,19H,3-4,11,13-15H2,1-2H3,(H,23,24). The van der Waals surface area contributed by atoms with Crippen molar-refractivity contribution in [3.63, 3.8) is 0 Å². The van der Waals surface area contributed by atoms with Gasteiger partial charge in [0.05, 0.1) is 19.6 Å². The number of benzene rings is 2. The molecule has 5 nitrogen and oxygen atoms in total. The molecule has 1 N–H and O–H groups in total. The molecular formula is C22H27NO4. The second-order valence-electron chi connectivity index (χ2n) is 6.87. The first-order valence-corrected chi connectivity index (χ1v) is 9.37. The van der Waals surface area contributed by atoms with Gasteiger partial charge in [0, 0.05) is 13.2 Å². The van der Waals surface area contributed by atoms with E-state index in [0.29, 0.717) is 31.1 Å². The molecule has 1 aliphatic rings. The summed E-state index contributed by atoms with van der Waals surface area (Å²) in [6, 6.07) is 13.7. The summed E-state index contributed by atoms with van der Waals surface area (Å²) in [5, 5.41) is 2.95. The summed E-state index contributed by atoms with van der Waals surface area (Å²) in [6.07, 6.45) is 2.66. The molecule has 0 bridgehead atoms. The molecular weight excluding hydrogens is 342 g/mol. The van der Waals surface area contributed by atoms with E-state index in [0.717, 1.165) is 30.6 Å². The number of hydrogen-bond acceptors (Lipinski definition) is 4. The number of methoxy groups -OCH3 is 1. The van der Waals surface area contributed by atoms with Crippen LogP contribution in [-0.4, -0.2) is 32.3 Å². The van der Waals surface area contributed by atoms with Crippen LogP contribution in [0, 0.1) is 6.92 Å². The molecule has 2 aromatic carbocycles. The smallest absolute Gasteiger partial charge is 0.224 e. The van der Waals surface area contributed by atoms with Gasteiger partial charge in [-0.05, 0) is 43.0 Å². The van der Waals surface area contributed by atoms with Crippen LogP contribution in [0.15, 0.2) is 42.5 Å². The first-order chi connectivity index (χ1) is 13.1. The SMILES string of the molecule is COc1cc(CNC(=O)Cc2ccc(C)cc2)ccc1OCC1CCCO1. The van der Waals surface area contributed by atoms with Crippen LogP contribution in [0.2, 0.25) is 0 Å². The minimum atomic E-state index is -0.00321. The van der Waals surface area contributed by atoms with Crippen molar-refractivity contribution in [2.45, 2.75) is 38.8 Å². The van der Waals surface area contributed by atoms with Gasteiger partial charge in [-0.2, -0.15) is 0 Å². The van der Waals surface area contributed by atoms with Crippen LogP contribution in [0.1, 0.15) is 29.5 Å². The first-order valence-electron chi connectivity index (χ1n) is 9.37. The van der Waals surface area contributed by atoms with Crippen LogP contribution in [0.5, 0.6) is 11.5 Å². The minimum Gasteiger partial charge on any atom is -0.493 e. The van der Waals surface area contributed by atoms with Gasteiger partial charge in [-0.3, -0.25) is 4.79 Å². The number of nitrogens with one attached hydrogen (secondary N) is 1. The lowest BCUT2D eigenvalue weighted by atomic mass is 10.1. The highest BCUT2D eigenvalue weighted by Gasteiger charge is 2.17. The van der Waals surface area contributed by atoms with Crippen molar-refractivity contribution in [2.75, 3.05) is 20.3 Å². The second kappa shape index (κ2) is 9.42. The van der Waals surface area contributed by atoms with Crippen LogP contribution in [0.4, 0.5) is 0 Å². The van der Waals surface area contributed by atoms with Crippen LogP contribution >= 0.6 is 0 Å². The van der Waals surface area contributed by atoms with E-state index in [9.17, 15) is 4.79 Å². The third kappa shape index (κ3) is 5.73. The average molecular weight is 369 g/mol. The number of hydrogen-bond donors (Lipinski definition) is 1. The largest absolute Gasteiger partial charge is 0.493 e. The Kier molecular flexibility index (Phi) is 6.71. The number of carbonyl (C=O) groups is 1. The van der Waals surface area contributed by atoms with Crippen molar-refractivity contribution in [1.82, 2.24) is 5.32 Å². The quantitative estimate of drug-likeness (QED) is 0.775. The zero-order valence-electron chi connectivity index (χ0n) is 16.0. The molecule has 0 radical (unpaired) electrons. The van der Waals surface area contributed by atoms with E-state index in [1.807, 2.05) is 49.4 Å². The normalized spacial score (nSPS) is 16.1. The highest BCUT2D eigenvalue weighted by Crippen LogP contribution is 2.29. The Labute approximate surface area is 160 Å². The molecule has 27 heavy (non-hydrogen) atoms. The summed E-state index contributed by atoms with van der Waals surface area (Å²) in [6.45, 7) is 3.83. The molecule has 5 heteroatoms. The first kappa shape index (κ1) is 19.2. The van der Waals surface area contributed by atoms with Crippen LogP contribution in [-0.2, 0) is 22.5 Å². The molecule has 1 atom stereocenters. The summed E-state index contributed by atoms with van der Waals surface area (Å²) < 4.78 is 16.9. The van der Waals surface area contributed by atoms with Gasteiger partial charge < -0.3 is 19.5 Å². The Hall–Kier alpha value is -2.53. The third-order valence-electron chi connectivity index (χ3n) is 4.65. The van der Waals surface area contributed by atoms with Crippen molar-refractivity contribution in [3.05, 3.63) is 59.2 Å². The molecule has 0 aliphatic carbocycles. The van der Waals surface area contributed by atoms with E-state index in [2.05, 4.69) is 5.32 Å². The lowest BCUT2D eigenvalue weighted by molar-refractivity contribution is -0.120. The fraction of sp³-hybridized carbons (Fsp3) is 0.409. The van der Waals surface area contributed by atoms with Gasteiger partial charge in [-0.15, -0.1) is 0 Å². The second-order valence-corrected chi connectivity index (χ2v) is 6.87. The molecule has 1 aliphatic heterocycles. The van der Waals surface area contributed by atoms with Crippen LogP contribution < -0.4 is 14.8 Å². The molecule has 0 saturated carbocycles. The fourth-order valence-electron chi connectivity index (χ4n) is 3.05. The highest BCUT2D eigenvalue weighted by atomic mass is 16.5. The number of ether oxygens (including phenoxy) is 3. The predicted molar refractivity (Wildman–Crippen MR) is 104 cm³/mol. The van der Waals surface area contributed by atoms with E-state index in [4.69, 9.17) is 14.2 Å². The van der Waals surface area contributed by atoms with E-state index in [1.54, 1.807) is 7.11 Å². The summed E-state index contributed by atoms with van der Waals surface area (Å²) in [7, 11) is 1.62. The molecule has 1 amide bonds. The number of rotatable bonds is 8. The Morgan fingerprint density at radius 2 is 1.93 bits per heavy atom. The minimum absolute atomic E-state index is 0.00321. The van der Waals surface area contributed by atoms with Gasteiger partial charge in [0.1, 0.15) is 6.61 Å². The van der Waals surface area contributed by atoms with Gasteiger partial charge in [-0.1, -0.05) is 35.9 Å². The molecule has 1 fully saturated rings. The van der Waals surface area contributed by atoms with Crippen LogP contribution in [0.25, 0.3) is 0 Å². The van der Waals surface area contributed by atoms with E-state index in [1.165, 1.54) is 5.56 Å². The molecule has 1 saturated heterocycles. The zero-order chi connectivity index (χ0) is 19.1. The summed E-state index contributed by atoms with van der Waals surface area (Å²) in [4.78, 5) is 12.2. The van der Waals surface area contributed by atoms with Gasteiger partial charge in [0.15, 0.2) is 11.5 Å². The van der Waals surface area contributed by atoms with Crippen molar-refractivity contribution >= 4 is 5.91 Å². The average Bonchev–Trinajstić information content (AvgIpc) is 3.20. The summed E-state index contributed by atoms with van der Waals surface area (Å²) >= 11 is 0. The summed E-state index contributed by atoms with van der Waals surface area (Å²) in [5.74, 6) is 1.36. The van der Waals surface area contributed by atoms with Crippen molar-refractivity contribution in [2.24, 2.45) is 0 Å². The lowest BCUT2D eigenvalue weighted by Gasteiger charge is -2.15. The highest BCUT2D eigenvalue weighted by molar-refractivity contribution is 5.78.